The fraction of sp³-hybridized carbons (Fsp3) is 0.333. The van der Waals surface area contributed by atoms with Gasteiger partial charge in [-0.1, -0.05) is 29.8 Å². The lowest BCUT2D eigenvalue weighted by molar-refractivity contribution is 0.00685. The van der Waals surface area contributed by atoms with Gasteiger partial charge in [0.05, 0.1) is 6.10 Å². The van der Waals surface area contributed by atoms with E-state index in [1.807, 2.05) is 48.5 Å². The minimum absolute atomic E-state index is 0.0662. The van der Waals surface area contributed by atoms with Crippen molar-refractivity contribution in [3.8, 4) is 5.75 Å². The van der Waals surface area contributed by atoms with E-state index in [9.17, 15) is 5.11 Å². The van der Waals surface area contributed by atoms with Gasteiger partial charge in [-0.25, -0.2) is 0 Å². The Bertz CT molecular complexity index is 597. The van der Waals surface area contributed by atoms with Crippen LogP contribution in [-0.2, 0) is 0 Å². The summed E-state index contributed by atoms with van der Waals surface area (Å²) >= 11 is 7.58. The zero-order valence-electron chi connectivity index (χ0n) is 12.2. The molecule has 1 fully saturated rings. The monoisotopic (exact) mass is 334 g/mol. The van der Waals surface area contributed by atoms with E-state index < -0.39 is 0 Å². The van der Waals surface area contributed by atoms with E-state index in [1.165, 1.54) is 0 Å². The summed E-state index contributed by atoms with van der Waals surface area (Å²) in [4.78, 5) is 2.31. The third-order valence-electron chi connectivity index (χ3n) is 3.83. The van der Waals surface area contributed by atoms with Crippen LogP contribution in [0.2, 0.25) is 5.02 Å². The maximum Gasteiger partial charge on any atom is 0.124 e. The summed E-state index contributed by atoms with van der Waals surface area (Å²) in [6.07, 6.45) is 3.60. The van der Waals surface area contributed by atoms with Gasteiger partial charge in [0.15, 0.2) is 0 Å². The number of ether oxygens (including phenoxy) is 1. The first-order valence-corrected chi connectivity index (χ1v) is 8.78. The quantitative estimate of drug-likeness (QED) is 0.836. The second-order valence-corrected chi connectivity index (χ2v) is 7.12. The standard InChI is InChI=1S/C18H19ClO2S/c19-13-5-9-15(10-6-13)22-16-11-7-14(8-12-16)21-18-4-2-1-3-17(18)20/h5-12,17-18,20H,1-4H2. The molecular weight excluding hydrogens is 316 g/mol. The van der Waals surface area contributed by atoms with Gasteiger partial charge in [0.25, 0.3) is 0 Å². The van der Waals surface area contributed by atoms with Crippen molar-refractivity contribution in [3.05, 3.63) is 53.6 Å². The fourth-order valence-corrected chi connectivity index (χ4v) is 3.56. The first kappa shape index (κ1) is 15.7. The molecule has 22 heavy (non-hydrogen) atoms. The summed E-state index contributed by atoms with van der Waals surface area (Å²) < 4.78 is 5.91. The second kappa shape index (κ2) is 7.40. The highest BCUT2D eigenvalue weighted by molar-refractivity contribution is 7.99. The van der Waals surface area contributed by atoms with Crippen molar-refractivity contribution in [2.45, 2.75) is 47.7 Å². The van der Waals surface area contributed by atoms with E-state index >= 15 is 0 Å². The van der Waals surface area contributed by atoms with Crippen molar-refractivity contribution in [2.75, 3.05) is 0 Å². The maximum absolute atomic E-state index is 9.96. The Morgan fingerprint density at radius 1 is 0.909 bits per heavy atom. The van der Waals surface area contributed by atoms with Crippen molar-refractivity contribution in [3.63, 3.8) is 0 Å². The largest absolute Gasteiger partial charge is 0.488 e. The lowest BCUT2D eigenvalue weighted by Crippen LogP contribution is -2.34. The molecule has 3 rings (SSSR count). The number of hydrogen-bond acceptors (Lipinski definition) is 3. The van der Waals surface area contributed by atoms with E-state index in [0.29, 0.717) is 0 Å². The first-order valence-electron chi connectivity index (χ1n) is 7.59. The van der Waals surface area contributed by atoms with Crippen LogP contribution in [0, 0.1) is 0 Å². The van der Waals surface area contributed by atoms with Gasteiger partial charge in [0.1, 0.15) is 11.9 Å². The highest BCUT2D eigenvalue weighted by Crippen LogP contribution is 2.31. The molecule has 0 heterocycles. The van der Waals surface area contributed by atoms with Crippen LogP contribution in [-0.4, -0.2) is 17.3 Å². The zero-order valence-corrected chi connectivity index (χ0v) is 13.8. The lowest BCUT2D eigenvalue weighted by Gasteiger charge is -2.28. The number of rotatable bonds is 4. The molecule has 0 aliphatic heterocycles. The maximum atomic E-state index is 9.96. The number of aliphatic hydroxyl groups is 1. The van der Waals surface area contributed by atoms with Crippen molar-refractivity contribution < 1.29 is 9.84 Å². The molecule has 116 valence electrons. The highest BCUT2D eigenvalue weighted by Gasteiger charge is 2.24. The van der Waals surface area contributed by atoms with Gasteiger partial charge >= 0.3 is 0 Å². The molecule has 1 N–H and O–H groups in total. The molecule has 2 aromatic carbocycles. The van der Waals surface area contributed by atoms with Crippen LogP contribution < -0.4 is 4.74 Å². The molecular formula is C18H19ClO2S. The zero-order chi connectivity index (χ0) is 15.4. The predicted octanol–water partition coefficient (Wildman–Crippen LogP) is 5.17. The number of aliphatic hydroxyl groups excluding tert-OH is 1. The molecule has 2 aromatic rings. The first-order chi connectivity index (χ1) is 10.7. The van der Waals surface area contributed by atoms with E-state index in [4.69, 9.17) is 16.3 Å². The van der Waals surface area contributed by atoms with E-state index in [-0.39, 0.29) is 12.2 Å². The van der Waals surface area contributed by atoms with Crippen LogP contribution in [0.25, 0.3) is 0 Å². The average Bonchev–Trinajstić information content (AvgIpc) is 2.54. The molecule has 0 radical (unpaired) electrons. The topological polar surface area (TPSA) is 29.5 Å². The van der Waals surface area contributed by atoms with Crippen LogP contribution in [0.1, 0.15) is 25.7 Å². The summed E-state index contributed by atoms with van der Waals surface area (Å²) in [7, 11) is 0. The molecule has 2 unspecified atom stereocenters. The molecule has 0 aromatic heterocycles. The summed E-state index contributed by atoms with van der Waals surface area (Å²) in [5.41, 5.74) is 0. The molecule has 2 atom stereocenters. The Morgan fingerprint density at radius 3 is 2.14 bits per heavy atom. The summed E-state index contributed by atoms with van der Waals surface area (Å²) in [6.45, 7) is 0. The van der Waals surface area contributed by atoms with Gasteiger partial charge in [-0.15, -0.1) is 0 Å². The van der Waals surface area contributed by atoms with E-state index in [1.54, 1.807) is 11.8 Å². The third kappa shape index (κ3) is 4.19. The minimum atomic E-state index is -0.336. The molecule has 0 saturated heterocycles. The molecule has 1 saturated carbocycles. The molecule has 2 nitrogen and oxygen atoms in total. The molecule has 1 aliphatic rings. The predicted molar refractivity (Wildman–Crippen MR) is 90.9 cm³/mol. The van der Waals surface area contributed by atoms with Crippen LogP contribution >= 0.6 is 23.4 Å². The van der Waals surface area contributed by atoms with Crippen LogP contribution in [0.3, 0.4) is 0 Å². The van der Waals surface area contributed by atoms with Gasteiger partial charge in [-0.05, 0) is 67.8 Å². The molecule has 0 amide bonds. The van der Waals surface area contributed by atoms with Gasteiger partial charge in [0, 0.05) is 14.8 Å². The Kier molecular flexibility index (Phi) is 5.29. The summed E-state index contributed by atoms with van der Waals surface area (Å²) in [5.74, 6) is 0.825. The third-order valence-corrected chi connectivity index (χ3v) is 5.10. The highest BCUT2D eigenvalue weighted by atomic mass is 35.5. The molecule has 1 aliphatic carbocycles. The summed E-state index contributed by atoms with van der Waals surface area (Å²) in [6, 6.07) is 15.8. The molecule has 0 bridgehead atoms. The van der Waals surface area contributed by atoms with Gasteiger partial charge < -0.3 is 9.84 Å². The van der Waals surface area contributed by atoms with Gasteiger partial charge in [0.2, 0.25) is 0 Å². The number of benzene rings is 2. The average molecular weight is 335 g/mol. The molecule has 0 spiro atoms. The van der Waals surface area contributed by atoms with Crippen LogP contribution in [0.5, 0.6) is 5.75 Å². The second-order valence-electron chi connectivity index (χ2n) is 5.54. The Balaban J connectivity index is 1.61. The van der Waals surface area contributed by atoms with Crippen molar-refractivity contribution >= 4 is 23.4 Å². The van der Waals surface area contributed by atoms with E-state index in [0.717, 1.165) is 46.2 Å². The van der Waals surface area contributed by atoms with Crippen LogP contribution in [0.15, 0.2) is 58.3 Å². The SMILES string of the molecule is OC1CCCCC1Oc1ccc(Sc2ccc(Cl)cc2)cc1. The van der Waals surface area contributed by atoms with Gasteiger partial charge in [-0.2, -0.15) is 0 Å². The Morgan fingerprint density at radius 2 is 1.50 bits per heavy atom. The van der Waals surface area contributed by atoms with Gasteiger partial charge in [-0.3, -0.25) is 0 Å². The number of halogens is 1. The Hall–Kier alpha value is -1.16. The Labute approximate surface area is 140 Å². The van der Waals surface area contributed by atoms with Crippen molar-refractivity contribution in [1.29, 1.82) is 0 Å². The summed E-state index contributed by atoms with van der Waals surface area (Å²) in [5, 5.41) is 10.7. The lowest BCUT2D eigenvalue weighted by atomic mass is 9.95. The van der Waals surface area contributed by atoms with Crippen molar-refractivity contribution in [1.82, 2.24) is 0 Å². The van der Waals surface area contributed by atoms with Crippen LogP contribution in [0.4, 0.5) is 0 Å². The minimum Gasteiger partial charge on any atom is -0.488 e. The molecule has 4 heteroatoms. The number of hydrogen-bond donors (Lipinski definition) is 1. The van der Waals surface area contributed by atoms with E-state index in [2.05, 4.69) is 0 Å². The smallest absolute Gasteiger partial charge is 0.124 e. The van der Waals surface area contributed by atoms with Crippen molar-refractivity contribution in [2.24, 2.45) is 0 Å². The normalized spacial score (nSPS) is 21.5. The fourth-order valence-electron chi connectivity index (χ4n) is 2.61.